The van der Waals surface area contributed by atoms with Crippen molar-refractivity contribution in [1.82, 2.24) is 0 Å². The summed E-state index contributed by atoms with van der Waals surface area (Å²) in [5.74, 6) is 8.00. The van der Waals surface area contributed by atoms with Crippen LogP contribution >= 0.6 is 8.58 Å². The maximum atomic E-state index is 4.00. The maximum Gasteiger partial charge on any atom is -0.0475 e. The number of hydrogen-bond donors (Lipinski definition) is 2. The molecule has 0 atom stereocenters. The minimum absolute atomic E-state index is 1.08. The fourth-order valence-corrected chi connectivity index (χ4v) is 0. The van der Waals surface area contributed by atoms with Crippen LogP contribution in [0.25, 0.3) is 0 Å². The van der Waals surface area contributed by atoms with Crippen molar-refractivity contribution in [2.45, 2.75) is 0 Å². The minimum atomic E-state index is 1.08. The molecule has 0 aliphatic rings. The zero-order valence-corrected chi connectivity index (χ0v) is 4.65. The van der Waals surface area contributed by atoms with Crippen LogP contribution in [0.3, 0.4) is 0 Å². The first kappa shape index (κ1) is 9.02. The van der Waals surface area contributed by atoms with Gasteiger partial charge in [0.1, 0.15) is 0 Å². The van der Waals surface area contributed by atoms with E-state index in [-0.39, 0.29) is 0 Å². The summed E-state index contributed by atoms with van der Waals surface area (Å²) < 4.78 is 0. The van der Waals surface area contributed by atoms with Crippen LogP contribution in [0.5, 0.6) is 0 Å². The van der Waals surface area contributed by atoms with E-state index in [0.29, 0.717) is 0 Å². The van der Waals surface area contributed by atoms with Crippen molar-refractivity contribution < 1.29 is 0 Å². The molecule has 0 aliphatic heterocycles. The van der Waals surface area contributed by atoms with E-state index in [1.807, 2.05) is 0 Å². The Kier molecular flexibility index (Phi) is 48.3. The third-order valence-electron chi connectivity index (χ3n) is 0. The lowest BCUT2D eigenvalue weighted by atomic mass is 11.9. The zero-order valence-electron chi connectivity index (χ0n) is 3.65. The van der Waals surface area contributed by atoms with Crippen LogP contribution in [-0.4, -0.2) is 13.3 Å². The molecule has 0 unspecified atom stereocenters. The average Bonchev–Trinajstić information content (AvgIpc) is 1.46. The summed E-state index contributed by atoms with van der Waals surface area (Å²) in [7, 11) is 1.08. The summed E-state index contributed by atoms with van der Waals surface area (Å²) in [5.41, 5.74) is 0. The highest BCUT2D eigenvalue weighted by Crippen LogP contribution is 1.84. The molecule has 0 aromatic carbocycles. The highest BCUT2D eigenvalue weighted by atomic mass is 31.1. The van der Waals surface area contributed by atoms with E-state index in [9.17, 15) is 0 Å². The Morgan fingerprint density at radius 2 is 1.20 bits per heavy atom. The molecule has 0 radical (unpaired) electrons. The molecule has 5 heavy (non-hydrogen) atoms. The quantitative estimate of drug-likeness (QED) is 0.247. The molecular weight excluding hydrogens is 83.0 g/mol. The van der Waals surface area contributed by atoms with Crippen molar-refractivity contribution in [1.29, 1.82) is 0 Å². The fourth-order valence-electron chi connectivity index (χ4n) is 0. The van der Waals surface area contributed by atoms with Gasteiger partial charge in [-0.05, 0) is 13.3 Å². The Morgan fingerprint density at radius 3 is 1.20 bits per heavy atom. The molecule has 2 nitrogen and oxygen atoms in total. The normalized spacial score (nSPS) is 4.80. The van der Waals surface area contributed by atoms with Gasteiger partial charge in [0.05, 0.1) is 0 Å². The van der Waals surface area contributed by atoms with E-state index in [4.69, 9.17) is 0 Å². The number of nitrogens with two attached hydrogens (primary N) is 2. The van der Waals surface area contributed by atoms with Crippen LogP contribution in [0.2, 0.25) is 0 Å². The number of hydrazine groups is 1. The maximum absolute atomic E-state index is 4.00. The average molecular weight is 94.1 g/mol. The van der Waals surface area contributed by atoms with Gasteiger partial charge >= 0.3 is 0 Å². The SMILES string of the molecule is CPC.NN. The lowest BCUT2D eigenvalue weighted by Gasteiger charge is -1.50. The lowest BCUT2D eigenvalue weighted by molar-refractivity contribution is 1.26. The summed E-state index contributed by atoms with van der Waals surface area (Å²) in [4.78, 5) is 0. The molecule has 0 saturated carbocycles. The summed E-state index contributed by atoms with van der Waals surface area (Å²) in [5, 5.41) is 0. The highest BCUT2D eigenvalue weighted by molar-refractivity contribution is 7.35. The molecule has 0 aliphatic carbocycles. The largest absolute Gasteiger partial charge is 0.274 e. The van der Waals surface area contributed by atoms with E-state index in [1.54, 1.807) is 0 Å². The van der Waals surface area contributed by atoms with Gasteiger partial charge in [0.2, 0.25) is 0 Å². The van der Waals surface area contributed by atoms with Crippen LogP contribution in [0.4, 0.5) is 0 Å². The molecule has 0 spiro atoms. The van der Waals surface area contributed by atoms with Crippen molar-refractivity contribution in [3.8, 4) is 0 Å². The summed E-state index contributed by atoms with van der Waals surface area (Å²) in [6.45, 7) is 4.31. The number of rotatable bonds is 0. The smallest absolute Gasteiger partial charge is 0.0475 e. The van der Waals surface area contributed by atoms with E-state index >= 15 is 0 Å². The Bertz CT molecular complexity index is 7.61. The minimum Gasteiger partial charge on any atom is -0.274 e. The Morgan fingerprint density at radius 1 is 1.20 bits per heavy atom. The monoisotopic (exact) mass is 94.1 g/mol. The van der Waals surface area contributed by atoms with Crippen molar-refractivity contribution in [3.63, 3.8) is 0 Å². The summed E-state index contributed by atoms with van der Waals surface area (Å²) in [6, 6.07) is 0. The van der Waals surface area contributed by atoms with Gasteiger partial charge in [-0.1, -0.05) is 0 Å². The second kappa shape index (κ2) is 26.8. The summed E-state index contributed by atoms with van der Waals surface area (Å²) >= 11 is 0. The third-order valence-corrected chi connectivity index (χ3v) is 0. The number of hydrogen-bond acceptors (Lipinski definition) is 2. The first-order valence-electron chi connectivity index (χ1n) is 1.33. The van der Waals surface area contributed by atoms with Crippen LogP contribution in [0, 0.1) is 0 Å². The molecule has 34 valence electrons. The zero-order chi connectivity index (χ0) is 4.71. The molecule has 0 aromatic rings. The van der Waals surface area contributed by atoms with Gasteiger partial charge < -0.3 is 0 Å². The van der Waals surface area contributed by atoms with E-state index < -0.39 is 0 Å². The predicted molar refractivity (Wildman–Crippen MR) is 28.5 cm³/mol. The van der Waals surface area contributed by atoms with Crippen molar-refractivity contribution in [2.75, 3.05) is 13.3 Å². The van der Waals surface area contributed by atoms with E-state index in [2.05, 4.69) is 25.0 Å². The van der Waals surface area contributed by atoms with Crippen molar-refractivity contribution in [3.05, 3.63) is 0 Å². The van der Waals surface area contributed by atoms with E-state index in [1.165, 1.54) is 0 Å². The molecule has 0 bridgehead atoms. The Labute approximate surface area is 34.7 Å². The van der Waals surface area contributed by atoms with Gasteiger partial charge in [-0.2, -0.15) is 0 Å². The first-order chi connectivity index (χ1) is 2.41. The van der Waals surface area contributed by atoms with Crippen molar-refractivity contribution >= 4 is 8.58 Å². The van der Waals surface area contributed by atoms with Gasteiger partial charge in [0.15, 0.2) is 0 Å². The second-order valence-corrected chi connectivity index (χ2v) is 1.50. The van der Waals surface area contributed by atoms with Gasteiger partial charge in [0, 0.05) is 0 Å². The molecular formula is C2H11N2P. The topological polar surface area (TPSA) is 52.0 Å². The third kappa shape index (κ3) is 196. The highest BCUT2D eigenvalue weighted by Gasteiger charge is 1.33. The van der Waals surface area contributed by atoms with Crippen LogP contribution < -0.4 is 11.7 Å². The predicted octanol–water partition coefficient (Wildman–Crippen LogP) is -0.257. The molecule has 0 heterocycles. The standard InChI is InChI=1S/C2H7P.H4N2/c1-3-2;1-2/h3H,1-2H3;1-2H2. The van der Waals surface area contributed by atoms with Crippen LogP contribution in [0.1, 0.15) is 0 Å². The van der Waals surface area contributed by atoms with Crippen LogP contribution in [0.15, 0.2) is 0 Å². The Hall–Kier alpha value is 0.350. The molecule has 0 fully saturated rings. The molecule has 0 saturated heterocycles. The van der Waals surface area contributed by atoms with Gasteiger partial charge in [-0.25, -0.2) is 0 Å². The Balaban J connectivity index is 0. The van der Waals surface area contributed by atoms with Crippen LogP contribution in [-0.2, 0) is 0 Å². The lowest BCUT2D eigenvalue weighted by Crippen LogP contribution is -2.02. The fraction of sp³-hybridized carbons (Fsp3) is 1.00. The molecule has 0 aromatic heterocycles. The first-order valence-corrected chi connectivity index (χ1v) is 3.33. The van der Waals surface area contributed by atoms with Gasteiger partial charge in [-0.3, -0.25) is 11.7 Å². The molecule has 0 amide bonds. The molecule has 0 rings (SSSR count). The molecule has 3 heteroatoms. The molecule has 4 N–H and O–H groups in total. The van der Waals surface area contributed by atoms with Gasteiger partial charge in [0.25, 0.3) is 0 Å². The summed E-state index contributed by atoms with van der Waals surface area (Å²) in [6.07, 6.45) is 0. The van der Waals surface area contributed by atoms with Crippen molar-refractivity contribution in [2.24, 2.45) is 11.7 Å². The van der Waals surface area contributed by atoms with Gasteiger partial charge in [-0.15, -0.1) is 8.58 Å². The van der Waals surface area contributed by atoms with E-state index in [0.717, 1.165) is 8.58 Å². The second-order valence-electron chi connectivity index (χ2n) is 0.500.